The summed E-state index contributed by atoms with van der Waals surface area (Å²) in [5.41, 5.74) is 2.66. The van der Waals surface area contributed by atoms with Gasteiger partial charge in [-0.1, -0.05) is 0 Å². The third-order valence-electron chi connectivity index (χ3n) is 4.90. The van der Waals surface area contributed by atoms with E-state index in [4.69, 9.17) is 14.5 Å². The van der Waals surface area contributed by atoms with Gasteiger partial charge in [-0.05, 0) is 54.9 Å². The molecule has 0 radical (unpaired) electrons. The van der Waals surface area contributed by atoms with Gasteiger partial charge in [0.15, 0.2) is 4.80 Å². The Morgan fingerprint density at radius 3 is 2.52 bits per heavy atom. The van der Waals surface area contributed by atoms with Crippen molar-refractivity contribution in [2.24, 2.45) is 4.99 Å². The summed E-state index contributed by atoms with van der Waals surface area (Å²) < 4.78 is 49.8. The lowest BCUT2D eigenvalue weighted by Crippen LogP contribution is -2.30. The molecule has 6 nitrogen and oxygen atoms in total. The number of alkyl halides is 3. The lowest BCUT2D eigenvalue weighted by molar-refractivity contribution is -0.124. The van der Waals surface area contributed by atoms with Crippen LogP contribution in [0.25, 0.3) is 11.3 Å². The number of hydrogen-bond acceptors (Lipinski definition) is 6. The Balaban J connectivity index is 1.85. The number of benzene rings is 2. The minimum Gasteiger partial charge on any atom is -0.508 e. The van der Waals surface area contributed by atoms with Crippen molar-refractivity contribution in [3.8, 4) is 28.5 Å². The summed E-state index contributed by atoms with van der Waals surface area (Å²) in [4.78, 5) is 5.50. The third-order valence-corrected chi connectivity index (χ3v) is 5.80. The lowest BCUT2D eigenvalue weighted by Gasteiger charge is -2.12. The van der Waals surface area contributed by atoms with Crippen LogP contribution in [0.2, 0.25) is 0 Å². The molecular formula is C23H26F3N3O3S. The maximum Gasteiger partial charge on any atom is 0.401 e. The number of aromatic nitrogens is 1. The summed E-state index contributed by atoms with van der Waals surface area (Å²) in [6.07, 6.45) is -3.73. The zero-order valence-electron chi connectivity index (χ0n) is 18.4. The number of nitrogens with zero attached hydrogens (tertiary/aromatic N) is 2. The number of thiazole rings is 1. The molecule has 1 heterocycles. The number of phenols is 1. The molecule has 0 saturated carbocycles. The van der Waals surface area contributed by atoms with Gasteiger partial charge in [-0.2, -0.15) is 13.2 Å². The zero-order chi connectivity index (χ0) is 23.8. The van der Waals surface area contributed by atoms with E-state index in [1.165, 1.54) is 11.3 Å². The average molecular weight is 482 g/mol. The average Bonchev–Trinajstić information content (AvgIpc) is 3.19. The van der Waals surface area contributed by atoms with E-state index in [1.807, 2.05) is 22.1 Å². The molecule has 0 bridgehead atoms. The van der Waals surface area contributed by atoms with Crippen LogP contribution in [0.3, 0.4) is 0 Å². The first-order chi connectivity index (χ1) is 15.8. The van der Waals surface area contributed by atoms with Gasteiger partial charge in [0, 0.05) is 23.6 Å². The maximum atomic E-state index is 12.4. The number of rotatable bonds is 10. The normalized spacial score (nSPS) is 12.2. The quantitative estimate of drug-likeness (QED) is 0.416. The van der Waals surface area contributed by atoms with Crippen molar-refractivity contribution in [1.29, 1.82) is 0 Å². The molecule has 0 atom stereocenters. The van der Waals surface area contributed by atoms with Gasteiger partial charge in [-0.25, -0.2) is 0 Å². The molecule has 178 valence electrons. The van der Waals surface area contributed by atoms with Crippen LogP contribution >= 0.6 is 11.3 Å². The highest BCUT2D eigenvalue weighted by molar-refractivity contribution is 7.07. The molecule has 0 spiro atoms. The van der Waals surface area contributed by atoms with Gasteiger partial charge in [0.25, 0.3) is 0 Å². The van der Waals surface area contributed by atoms with Crippen molar-refractivity contribution >= 4 is 11.3 Å². The van der Waals surface area contributed by atoms with Crippen molar-refractivity contribution < 1.29 is 27.8 Å². The largest absolute Gasteiger partial charge is 0.508 e. The first kappa shape index (κ1) is 24.7. The summed E-state index contributed by atoms with van der Waals surface area (Å²) in [5, 5.41) is 14.0. The van der Waals surface area contributed by atoms with E-state index < -0.39 is 12.7 Å². The standard InChI is InChI=1S/C23H26F3N3O3S/c1-31-19-9-6-17(21(12-19)32-2)13-28-22-29(11-3-10-27-15-23(24,25)26)20(14-33-22)16-4-7-18(30)8-5-16/h4-9,12,14,27,30H,3,10-11,13,15H2,1-2H3. The highest BCUT2D eigenvalue weighted by atomic mass is 32.1. The Labute approximate surface area is 193 Å². The number of methoxy groups -OCH3 is 2. The first-order valence-corrected chi connectivity index (χ1v) is 11.2. The van der Waals surface area contributed by atoms with Crippen LogP contribution in [0.15, 0.2) is 52.8 Å². The van der Waals surface area contributed by atoms with Gasteiger partial charge >= 0.3 is 6.18 Å². The fraction of sp³-hybridized carbons (Fsp3) is 0.348. The molecule has 0 aliphatic rings. The fourth-order valence-electron chi connectivity index (χ4n) is 3.26. The van der Waals surface area contributed by atoms with Crippen molar-refractivity contribution in [1.82, 2.24) is 9.88 Å². The van der Waals surface area contributed by atoms with Crippen LogP contribution in [-0.4, -0.2) is 43.2 Å². The van der Waals surface area contributed by atoms with Crippen molar-refractivity contribution in [3.63, 3.8) is 0 Å². The highest BCUT2D eigenvalue weighted by Gasteiger charge is 2.25. The van der Waals surface area contributed by atoms with E-state index in [-0.39, 0.29) is 12.3 Å². The summed E-state index contributed by atoms with van der Waals surface area (Å²) in [6, 6.07) is 12.3. The Hall–Kier alpha value is -2.98. The van der Waals surface area contributed by atoms with Crippen LogP contribution in [-0.2, 0) is 13.1 Å². The molecule has 2 N–H and O–H groups in total. The Morgan fingerprint density at radius 1 is 1.09 bits per heavy atom. The van der Waals surface area contributed by atoms with E-state index >= 15 is 0 Å². The number of ether oxygens (including phenoxy) is 2. The molecule has 0 amide bonds. The van der Waals surface area contributed by atoms with Crippen LogP contribution in [0.5, 0.6) is 17.2 Å². The van der Waals surface area contributed by atoms with E-state index in [1.54, 1.807) is 44.6 Å². The zero-order valence-corrected chi connectivity index (χ0v) is 19.2. The molecule has 0 saturated heterocycles. The molecule has 1 aromatic heterocycles. The molecule has 0 fully saturated rings. The van der Waals surface area contributed by atoms with Crippen LogP contribution in [0, 0.1) is 0 Å². The molecule has 10 heteroatoms. The van der Waals surface area contributed by atoms with Crippen molar-refractivity contribution in [2.45, 2.75) is 25.7 Å². The molecule has 3 aromatic rings. The van der Waals surface area contributed by atoms with Gasteiger partial charge in [0.2, 0.25) is 0 Å². The van der Waals surface area contributed by atoms with E-state index in [9.17, 15) is 18.3 Å². The molecule has 0 aliphatic carbocycles. The number of nitrogens with one attached hydrogen (secondary N) is 1. The Bertz CT molecular complexity index is 1110. The molecule has 0 aliphatic heterocycles. The predicted molar refractivity (Wildman–Crippen MR) is 122 cm³/mol. The summed E-state index contributed by atoms with van der Waals surface area (Å²) in [5.74, 6) is 1.51. The smallest absolute Gasteiger partial charge is 0.401 e. The third kappa shape index (κ3) is 7.00. The Morgan fingerprint density at radius 2 is 1.85 bits per heavy atom. The molecule has 33 heavy (non-hydrogen) atoms. The molecular weight excluding hydrogens is 455 g/mol. The summed E-state index contributed by atoms with van der Waals surface area (Å²) >= 11 is 1.45. The summed E-state index contributed by atoms with van der Waals surface area (Å²) in [6.45, 7) is 0.0713. The van der Waals surface area contributed by atoms with Crippen LogP contribution in [0.1, 0.15) is 12.0 Å². The minimum absolute atomic E-state index is 0.161. The van der Waals surface area contributed by atoms with Gasteiger partial charge < -0.3 is 24.5 Å². The van der Waals surface area contributed by atoms with Gasteiger partial charge in [-0.3, -0.25) is 4.99 Å². The maximum absolute atomic E-state index is 12.4. The molecule has 3 rings (SSSR count). The van der Waals surface area contributed by atoms with Gasteiger partial charge in [0.05, 0.1) is 33.0 Å². The van der Waals surface area contributed by atoms with E-state index in [0.29, 0.717) is 31.0 Å². The second-order valence-electron chi connectivity index (χ2n) is 7.24. The fourth-order valence-corrected chi connectivity index (χ4v) is 4.20. The highest BCUT2D eigenvalue weighted by Crippen LogP contribution is 2.26. The second kappa shape index (κ2) is 11.2. The number of hydrogen-bond donors (Lipinski definition) is 2. The van der Waals surface area contributed by atoms with Crippen LogP contribution in [0.4, 0.5) is 13.2 Å². The Kier molecular flexibility index (Phi) is 8.40. The minimum atomic E-state index is -4.23. The number of aromatic hydroxyl groups is 1. The second-order valence-corrected chi connectivity index (χ2v) is 8.08. The van der Waals surface area contributed by atoms with Crippen molar-refractivity contribution in [3.05, 3.63) is 58.2 Å². The van der Waals surface area contributed by atoms with Gasteiger partial charge in [-0.15, -0.1) is 11.3 Å². The summed E-state index contributed by atoms with van der Waals surface area (Å²) in [7, 11) is 3.17. The lowest BCUT2D eigenvalue weighted by atomic mass is 10.1. The monoisotopic (exact) mass is 481 g/mol. The van der Waals surface area contributed by atoms with Crippen molar-refractivity contribution in [2.75, 3.05) is 27.3 Å². The number of phenolic OH excluding ortho intramolecular Hbond substituents is 1. The van der Waals surface area contributed by atoms with Gasteiger partial charge in [0.1, 0.15) is 17.2 Å². The molecule has 0 unspecified atom stereocenters. The first-order valence-electron chi connectivity index (χ1n) is 10.3. The molecule has 2 aromatic carbocycles. The SMILES string of the molecule is COc1ccc(CN=c2scc(-c3ccc(O)cc3)n2CCCNCC(F)(F)F)c(OC)c1. The van der Waals surface area contributed by atoms with Crippen LogP contribution < -0.4 is 19.6 Å². The number of halogens is 3. The predicted octanol–water partition coefficient (Wildman–Crippen LogP) is 4.58. The van der Waals surface area contributed by atoms with E-state index in [2.05, 4.69) is 5.32 Å². The van der Waals surface area contributed by atoms with E-state index in [0.717, 1.165) is 21.6 Å². The topological polar surface area (TPSA) is 68.0 Å².